The van der Waals surface area contributed by atoms with Gasteiger partial charge in [0, 0.05) is 19.7 Å². The minimum absolute atomic E-state index is 0.0385. The quantitative estimate of drug-likeness (QED) is 0.680. The number of nitrogens with two attached hydrogens (primary N) is 1. The Labute approximate surface area is 86.8 Å². The molecule has 0 spiro atoms. The molecule has 2 N–H and O–H groups in total. The maximum absolute atomic E-state index is 11.3. The lowest BCUT2D eigenvalue weighted by Crippen LogP contribution is -2.33. The van der Waals surface area contributed by atoms with Crippen LogP contribution >= 0.6 is 0 Å². The molecule has 6 heteroatoms. The van der Waals surface area contributed by atoms with E-state index in [1.807, 2.05) is 0 Å². The molecule has 1 aliphatic heterocycles. The molecule has 2 heterocycles. The van der Waals surface area contributed by atoms with E-state index < -0.39 is 0 Å². The highest BCUT2D eigenvalue weighted by atomic mass is 16.2. The lowest BCUT2D eigenvalue weighted by Gasteiger charge is -2.15. The van der Waals surface area contributed by atoms with Crippen molar-refractivity contribution in [2.45, 2.75) is 6.92 Å². The predicted molar refractivity (Wildman–Crippen MR) is 55.2 cm³/mol. The Hall–Kier alpha value is -1.98. The van der Waals surface area contributed by atoms with Crippen molar-refractivity contribution in [1.82, 2.24) is 14.9 Å². The van der Waals surface area contributed by atoms with E-state index >= 15 is 0 Å². The second-order valence-electron chi connectivity index (χ2n) is 3.18. The fourth-order valence-electron chi connectivity index (χ4n) is 1.47. The van der Waals surface area contributed by atoms with Gasteiger partial charge in [0.25, 0.3) is 0 Å². The summed E-state index contributed by atoms with van der Waals surface area (Å²) in [5.41, 5.74) is 6.06. The van der Waals surface area contributed by atoms with Crippen molar-refractivity contribution < 1.29 is 4.79 Å². The minimum atomic E-state index is -0.0385. The number of aromatic nitrogens is 2. The van der Waals surface area contributed by atoms with Crippen LogP contribution in [0.3, 0.4) is 0 Å². The lowest BCUT2D eigenvalue weighted by atomic mass is 10.3. The first-order valence-electron chi connectivity index (χ1n) is 4.60. The van der Waals surface area contributed by atoms with Crippen molar-refractivity contribution in [3.05, 3.63) is 18.0 Å². The minimum Gasteiger partial charge on any atom is -0.368 e. The number of amidine groups is 1. The molecule has 0 saturated heterocycles. The van der Waals surface area contributed by atoms with Crippen molar-refractivity contribution in [2.24, 2.45) is 4.99 Å². The molecule has 0 unspecified atom stereocenters. The number of amides is 1. The number of rotatable bonds is 1. The van der Waals surface area contributed by atoms with Crippen molar-refractivity contribution >= 4 is 17.7 Å². The summed E-state index contributed by atoms with van der Waals surface area (Å²) in [6.07, 6.45) is 1.55. The maximum Gasteiger partial charge on any atom is 0.225 e. The van der Waals surface area contributed by atoms with Crippen LogP contribution in [0.25, 0.3) is 0 Å². The summed E-state index contributed by atoms with van der Waals surface area (Å²) in [6, 6.07) is 1.69. The normalized spacial score (nSPS) is 15.3. The van der Waals surface area contributed by atoms with E-state index in [-0.39, 0.29) is 11.9 Å². The zero-order chi connectivity index (χ0) is 10.8. The van der Waals surface area contributed by atoms with Crippen LogP contribution in [-0.2, 0) is 4.79 Å². The SMILES string of the molecule is CC(=O)N1CCN=C1c1ccnc(N)n1. The van der Waals surface area contributed by atoms with E-state index in [0.717, 1.165) is 0 Å². The Balaban J connectivity index is 2.35. The Morgan fingerprint density at radius 3 is 3.07 bits per heavy atom. The van der Waals surface area contributed by atoms with Gasteiger partial charge in [-0.15, -0.1) is 0 Å². The molecular weight excluding hydrogens is 194 g/mol. The van der Waals surface area contributed by atoms with Crippen molar-refractivity contribution in [1.29, 1.82) is 0 Å². The van der Waals surface area contributed by atoms with Gasteiger partial charge in [-0.25, -0.2) is 9.97 Å². The van der Waals surface area contributed by atoms with Gasteiger partial charge in [0.15, 0.2) is 5.84 Å². The summed E-state index contributed by atoms with van der Waals surface area (Å²) in [4.78, 5) is 24.9. The molecule has 0 radical (unpaired) electrons. The number of hydrogen-bond acceptors (Lipinski definition) is 5. The second kappa shape index (κ2) is 3.64. The third kappa shape index (κ3) is 1.78. The molecular formula is C9H11N5O. The van der Waals surface area contributed by atoms with E-state index in [1.165, 1.54) is 6.92 Å². The lowest BCUT2D eigenvalue weighted by molar-refractivity contribution is -0.124. The Morgan fingerprint density at radius 2 is 2.40 bits per heavy atom. The van der Waals surface area contributed by atoms with Gasteiger partial charge < -0.3 is 5.73 Å². The zero-order valence-electron chi connectivity index (χ0n) is 8.34. The first-order valence-corrected chi connectivity index (χ1v) is 4.60. The van der Waals surface area contributed by atoms with Gasteiger partial charge >= 0.3 is 0 Å². The van der Waals surface area contributed by atoms with Gasteiger partial charge in [-0.2, -0.15) is 0 Å². The van der Waals surface area contributed by atoms with Crippen LogP contribution in [0.1, 0.15) is 12.6 Å². The summed E-state index contributed by atoms with van der Waals surface area (Å²) in [6.45, 7) is 2.72. The summed E-state index contributed by atoms with van der Waals surface area (Å²) in [7, 11) is 0. The Kier molecular flexibility index (Phi) is 2.32. The van der Waals surface area contributed by atoms with Crippen LogP contribution in [0.15, 0.2) is 17.3 Å². The van der Waals surface area contributed by atoms with Crippen LogP contribution in [0.2, 0.25) is 0 Å². The molecule has 0 bridgehead atoms. The molecule has 1 aromatic rings. The van der Waals surface area contributed by atoms with Crippen LogP contribution in [-0.4, -0.2) is 39.7 Å². The van der Waals surface area contributed by atoms with Crippen molar-refractivity contribution in [3.63, 3.8) is 0 Å². The molecule has 1 aliphatic rings. The second-order valence-corrected chi connectivity index (χ2v) is 3.18. The van der Waals surface area contributed by atoms with Crippen LogP contribution in [0.4, 0.5) is 5.95 Å². The highest BCUT2D eigenvalue weighted by molar-refractivity contribution is 6.07. The smallest absolute Gasteiger partial charge is 0.225 e. The summed E-state index contributed by atoms with van der Waals surface area (Å²) in [5.74, 6) is 0.727. The average molecular weight is 205 g/mol. The van der Waals surface area contributed by atoms with Crippen LogP contribution in [0.5, 0.6) is 0 Å². The van der Waals surface area contributed by atoms with Gasteiger partial charge in [0.1, 0.15) is 5.69 Å². The number of carbonyl (C=O) groups is 1. The molecule has 0 aromatic carbocycles. The number of aliphatic imine (C=N–C) groups is 1. The third-order valence-electron chi connectivity index (χ3n) is 2.12. The Bertz CT molecular complexity index is 428. The van der Waals surface area contributed by atoms with Gasteiger partial charge in [-0.05, 0) is 6.07 Å². The van der Waals surface area contributed by atoms with Gasteiger partial charge in [0.05, 0.1) is 6.54 Å². The largest absolute Gasteiger partial charge is 0.368 e. The van der Waals surface area contributed by atoms with Crippen LogP contribution in [0, 0.1) is 0 Å². The van der Waals surface area contributed by atoms with Gasteiger partial charge in [-0.3, -0.25) is 14.7 Å². The first-order chi connectivity index (χ1) is 7.18. The van der Waals surface area contributed by atoms with E-state index in [2.05, 4.69) is 15.0 Å². The standard InChI is InChI=1S/C9H11N5O/c1-6(15)14-5-4-11-8(14)7-2-3-12-9(10)13-7/h2-3H,4-5H2,1H3,(H2,10,12,13). The molecule has 78 valence electrons. The monoisotopic (exact) mass is 205 g/mol. The molecule has 0 atom stereocenters. The number of nitrogens with zero attached hydrogens (tertiary/aromatic N) is 4. The van der Waals surface area contributed by atoms with E-state index in [9.17, 15) is 4.79 Å². The Morgan fingerprint density at radius 1 is 1.60 bits per heavy atom. The number of hydrogen-bond donors (Lipinski definition) is 1. The molecule has 1 amide bonds. The number of anilines is 1. The molecule has 1 aromatic heterocycles. The summed E-state index contributed by atoms with van der Waals surface area (Å²) < 4.78 is 0. The van der Waals surface area contributed by atoms with Gasteiger partial charge in [0.2, 0.25) is 11.9 Å². The molecule has 15 heavy (non-hydrogen) atoms. The van der Waals surface area contributed by atoms with Crippen LogP contribution < -0.4 is 5.73 Å². The fraction of sp³-hybridized carbons (Fsp3) is 0.333. The highest BCUT2D eigenvalue weighted by Gasteiger charge is 2.22. The molecule has 0 saturated carbocycles. The topological polar surface area (TPSA) is 84.5 Å². The molecule has 0 fully saturated rings. The molecule has 2 rings (SSSR count). The summed E-state index contributed by atoms with van der Waals surface area (Å²) >= 11 is 0. The van der Waals surface area contributed by atoms with Gasteiger partial charge in [-0.1, -0.05) is 0 Å². The highest BCUT2D eigenvalue weighted by Crippen LogP contribution is 2.09. The average Bonchev–Trinajstić information content (AvgIpc) is 2.65. The van der Waals surface area contributed by atoms with Crippen molar-refractivity contribution in [3.8, 4) is 0 Å². The zero-order valence-corrected chi connectivity index (χ0v) is 8.34. The third-order valence-corrected chi connectivity index (χ3v) is 2.12. The van der Waals surface area contributed by atoms with Crippen molar-refractivity contribution in [2.75, 3.05) is 18.8 Å². The fourth-order valence-corrected chi connectivity index (χ4v) is 1.47. The number of carbonyl (C=O) groups excluding carboxylic acids is 1. The molecule has 0 aliphatic carbocycles. The van der Waals surface area contributed by atoms with E-state index in [0.29, 0.717) is 24.6 Å². The predicted octanol–water partition coefficient (Wildman–Crippen LogP) is -0.332. The van der Waals surface area contributed by atoms with E-state index in [4.69, 9.17) is 5.73 Å². The maximum atomic E-state index is 11.3. The number of nitrogen functional groups attached to an aromatic ring is 1. The molecule has 6 nitrogen and oxygen atoms in total. The van der Waals surface area contributed by atoms with E-state index in [1.54, 1.807) is 17.2 Å². The summed E-state index contributed by atoms with van der Waals surface area (Å²) in [5, 5.41) is 0. The first kappa shape index (κ1) is 9.57.